The Balaban J connectivity index is 1.56. The number of hydrogen-bond donors (Lipinski definition) is 1. The SMILES string of the molecule is CC1SCCC1NCCC1CCC1. The van der Waals surface area contributed by atoms with E-state index < -0.39 is 0 Å². The number of nitrogens with one attached hydrogen (secondary N) is 1. The molecule has 1 heterocycles. The summed E-state index contributed by atoms with van der Waals surface area (Å²) < 4.78 is 0. The molecule has 0 radical (unpaired) electrons. The largest absolute Gasteiger partial charge is 0.313 e. The zero-order valence-electron chi connectivity index (χ0n) is 8.59. The lowest BCUT2D eigenvalue weighted by molar-refractivity contribution is 0.287. The molecule has 2 atom stereocenters. The van der Waals surface area contributed by atoms with Crippen molar-refractivity contribution in [2.75, 3.05) is 12.3 Å². The van der Waals surface area contributed by atoms with Gasteiger partial charge in [-0.1, -0.05) is 26.2 Å². The van der Waals surface area contributed by atoms with Crippen LogP contribution < -0.4 is 5.32 Å². The van der Waals surface area contributed by atoms with E-state index in [1.807, 2.05) is 0 Å². The van der Waals surface area contributed by atoms with E-state index in [2.05, 4.69) is 24.0 Å². The van der Waals surface area contributed by atoms with E-state index in [1.54, 1.807) is 0 Å². The maximum atomic E-state index is 3.71. The molecule has 0 aromatic heterocycles. The number of hydrogen-bond acceptors (Lipinski definition) is 2. The molecule has 1 aliphatic heterocycles. The van der Waals surface area contributed by atoms with Crippen molar-refractivity contribution in [2.24, 2.45) is 5.92 Å². The fourth-order valence-corrected chi connectivity index (χ4v) is 3.48. The average Bonchev–Trinajstić information content (AvgIpc) is 2.42. The predicted molar refractivity (Wildman–Crippen MR) is 60.3 cm³/mol. The molecule has 2 aliphatic rings. The first kappa shape index (κ1) is 9.85. The van der Waals surface area contributed by atoms with Crippen molar-refractivity contribution in [3.63, 3.8) is 0 Å². The van der Waals surface area contributed by atoms with Crippen molar-refractivity contribution in [3.05, 3.63) is 0 Å². The monoisotopic (exact) mass is 199 g/mol. The van der Waals surface area contributed by atoms with Gasteiger partial charge in [0, 0.05) is 11.3 Å². The Morgan fingerprint density at radius 2 is 2.15 bits per heavy atom. The van der Waals surface area contributed by atoms with Gasteiger partial charge in [0.05, 0.1) is 0 Å². The normalized spacial score (nSPS) is 34.8. The van der Waals surface area contributed by atoms with Gasteiger partial charge in [0.15, 0.2) is 0 Å². The minimum absolute atomic E-state index is 0.810. The minimum atomic E-state index is 0.810. The number of rotatable bonds is 4. The summed E-state index contributed by atoms with van der Waals surface area (Å²) >= 11 is 2.12. The van der Waals surface area contributed by atoms with Gasteiger partial charge in [-0.15, -0.1) is 0 Å². The third kappa shape index (κ3) is 2.63. The molecule has 2 fully saturated rings. The van der Waals surface area contributed by atoms with Gasteiger partial charge in [0.25, 0.3) is 0 Å². The summed E-state index contributed by atoms with van der Waals surface area (Å²) in [7, 11) is 0. The van der Waals surface area contributed by atoms with Crippen molar-refractivity contribution in [1.29, 1.82) is 0 Å². The highest BCUT2D eigenvalue weighted by Crippen LogP contribution is 2.29. The second kappa shape index (κ2) is 4.70. The van der Waals surface area contributed by atoms with Gasteiger partial charge in [-0.25, -0.2) is 0 Å². The summed E-state index contributed by atoms with van der Waals surface area (Å²) in [5, 5.41) is 4.56. The molecule has 0 amide bonds. The van der Waals surface area contributed by atoms with Crippen LogP contribution in [0.5, 0.6) is 0 Å². The highest BCUT2D eigenvalue weighted by atomic mass is 32.2. The maximum absolute atomic E-state index is 3.71. The molecule has 1 saturated carbocycles. The Kier molecular flexibility index (Phi) is 3.56. The topological polar surface area (TPSA) is 12.0 Å². The molecule has 1 nitrogen and oxygen atoms in total. The maximum Gasteiger partial charge on any atom is 0.0191 e. The molecule has 2 rings (SSSR count). The molecule has 2 unspecified atom stereocenters. The molecule has 0 bridgehead atoms. The van der Waals surface area contributed by atoms with Crippen LogP contribution in [0.1, 0.15) is 39.0 Å². The molecular formula is C11H21NS. The summed E-state index contributed by atoms with van der Waals surface area (Å²) in [6, 6.07) is 0.810. The van der Waals surface area contributed by atoms with Crippen molar-refractivity contribution >= 4 is 11.8 Å². The van der Waals surface area contributed by atoms with Crippen LogP contribution in [-0.2, 0) is 0 Å². The predicted octanol–water partition coefficient (Wildman–Crippen LogP) is 2.66. The van der Waals surface area contributed by atoms with Crippen LogP contribution in [0.15, 0.2) is 0 Å². The zero-order valence-corrected chi connectivity index (χ0v) is 9.41. The third-order valence-corrected chi connectivity index (χ3v) is 4.89. The third-order valence-electron chi connectivity index (χ3n) is 3.56. The van der Waals surface area contributed by atoms with E-state index in [9.17, 15) is 0 Å². The first-order valence-corrected chi connectivity index (χ1v) is 6.76. The molecule has 0 spiro atoms. The van der Waals surface area contributed by atoms with Gasteiger partial charge in [-0.05, 0) is 31.1 Å². The highest BCUT2D eigenvalue weighted by Gasteiger charge is 2.24. The van der Waals surface area contributed by atoms with Gasteiger partial charge < -0.3 is 5.32 Å². The van der Waals surface area contributed by atoms with Gasteiger partial charge in [0.2, 0.25) is 0 Å². The summed E-state index contributed by atoms with van der Waals surface area (Å²) in [5.74, 6) is 2.43. The Morgan fingerprint density at radius 3 is 2.69 bits per heavy atom. The Hall–Kier alpha value is 0.310. The lowest BCUT2D eigenvalue weighted by Gasteiger charge is -2.26. The van der Waals surface area contributed by atoms with Crippen LogP contribution in [0, 0.1) is 5.92 Å². The van der Waals surface area contributed by atoms with Crippen LogP contribution in [0.2, 0.25) is 0 Å². The van der Waals surface area contributed by atoms with E-state index in [1.165, 1.54) is 44.4 Å². The van der Waals surface area contributed by atoms with Crippen LogP contribution in [-0.4, -0.2) is 23.6 Å². The molecule has 76 valence electrons. The Bertz CT molecular complexity index is 156. The summed E-state index contributed by atoms with van der Waals surface area (Å²) in [6.45, 7) is 3.62. The zero-order chi connectivity index (χ0) is 9.10. The van der Waals surface area contributed by atoms with Crippen molar-refractivity contribution in [2.45, 2.75) is 50.3 Å². The van der Waals surface area contributed by atoms with Crippen molar-refractivity contribution in [1.82, 2.24) is 5.32 Å². The summed E-state index contributed by atoms with van der Waals surface area (Å²) in [4.78, 5) is 0. The molecule has 2 heteroatoms. The van der Waals surface area contributed by atoms with E-state index in [-0.39, 0.29) is 0 Å². The van der Waals surface area contributed by atoms with Gasteiger partial charge in [0.1, 0.15) is 0 Å². The van der Waals surface area contributed by atoms with E-state index in [0.717, 1.165) is 17.2 Å². The Labute approximate surface area is 86.0 Å². The molecule has 1 N–H and O–H groups in total. The summed E-state index contributed by atoms with van der Waals surface area (Å²) in [6.07, 6.45) is 7.29. The van der Waals surface area contributed by atoms with Crippen LogP contribution >= 0.6 is 11.8 Å². The lowest BCUT2D eigenvalue weighted by atomic mass is 9.83. The smallest absolute Gasteiger partial charge is 0.0191 e. The van der Waals surface area contributed by atoms with E-state index in [4.69, 9.17) is 0 Å². The van der Waals surface area contributed by atoms with E-state index in [0.29, 0.717) is 0 Å². The fraction of sp³-hybridized carbons (Fsp3) is 1.00. The average molecular weight is 199 g/mol. The second-order valence-corrected chi connectivity index (χ2v) is 6.00. The highest BCUT2D eigenvalue weighted by molar-refractivity contribution is 8.00. The van der Waals surface area contributed by atoms with Crippen molar-refractivity contribution in [3.8, 4) is 0 Å². The van der Waals surface area contributed by atoms with E-state index >= 15 is 0 Å². The van der Waals surface area contributed by atoms with Gasteiger partial charge in [-0.2, -0.15) is 11.8 Å². The first-order chi connectivity index (χ1) is 6.36. The molecular weight excluding hydrogens is 178 g/mol. The number of thioether (sulfide) groups is 1. The van der Waals surface area contributed by atoms with Crippen LogP contribution in [0.25, 0.3) is 0 Å². The van der Waals surface area contributed by atoms with Crippen molar-refractivity contribution < 1.29 is 0 Å². The summed E-state index contributed by atoms with van der Waals surface area (Å²) in [5.41, 5.74) is 0. The van der Waals surface area contributed by atoms with Crippen LogP contribution in [0.4, 0.5) is 0 Å². The molecule has 0 aromatic rings. The van der Waals surface area contributed by atoms with Gasteiger partial charge in [-0.3, -0.25) is 0 Å². The second-order valence-electron chi connectivity index (χ2n) is 4.51. The fourth-order valence-electron chi connectivity index (χ4n) is 2.25. The molecule has 0 aromatic carbocycles. The molecule has 1 saturated heterocycles. The standard InChI is InChI=1S/C11H21NS/c1-9-11(6-8-13-9)12-7-5-10-3-2-4-10/h9-12H,2-8H2,1H3. The molecule has 1 aliphatic carbocycles. The van der Waals surface area contributed by atoms with Gasteiger partial charge >= 0.3 is 0 Å². The minimum Gasteiger partial charge on any atom is -0.313 e. The Morgan fingerprint density at radius 1 is 1.31 bits per heavy atom. The van der Waals surface area contributed by atoms with Crippen LogP contribution in [0.3, 0.4) is 0 Å². The molecule has 13 heavy (non-hydrogen) atoms. The first-order valence-electron chi connectivity index (χ1n) is 5.71. The quantitative estimate of drug-likeness (QED) is 0.747. The lowest BCUT2D eigenvalue weighted by Crippen LogP contribution is -2.35.